The van der Waals surface area contributed by atoms with Crippen molar-refractivity contribution in [2.75, 3.05) is 24.1 Å². The fraction of sp³-hybridized carbons (Fsp3) is 0.429. The van der Waals surface area contributed by atoms with Crippen molar-refractivity contribution >= 4 is 63.9 Å². The molecule has 1 saturated carbocycles. The van der Waals surface area contributed by atoms with E-state index in [0.29, 0.717) is 16.9 Å². The molecule has 1 aliphatic heterocycles. The highest BCUT2D eigenvalue weighted by molar-refractivity contribution is 14.1. The number of nitrogens with zero attached hydrogens (tertiary/aromatic N) is 4. The molecule has 1 aromatic heterocycles. The number of anilines is 1. The Balaban J connectivity index is 1.21. The molecular weight excluding hydrogens is 651 g/mol. The van der Waals surface area contributed by atoms with Crippen LogP contribution in [0, 0.1) is 17.8 Å². The summed E-state index contributed by atoms with van der Waals surface area (Å²) in [7, 11) is 0. The molecule has 1 aliphatic carbocycles. The molecule has 2 fully saturated rings. The number of aromatic carboxylic acids is 1. The van der Waals surface area contributed by atoms with E-state index < -0.39 is 5.97 Å². The van der Waals surface area contributed by atoms with E-state index in [1.54, 1.807) is 0 Å². The summed E-state index contributed by atoms with van der Waals surface area (Å²) in [6.45, 7) is 2.07. The third-order valence-corrected chi connectivity index (χ3v) is 9.57. The molecule has 0 amide bonds. The van der Waals surface area contributed by atoms with Gasteiger partial charge in [0.05, 0.1) is 28.8 Å². The Kier molecular flexibility index (Phi) is 9.34. The number of halogens is 2. The number of benzene rings is 2. The van der Waals surface area contributed by atoms with Crippen LogP contribution in [0.4, 0.5) is 5.69 Å². The standard InChI is InChI=1S/C28H30ClIN4O4S/c29-17-38-28(37)21-4-1-3-20(15-21)22-5-2-14-33(16-22)23-10-6-18(7-11-23)19-8-12-24(13-9-19)39-26-25(27(35)36)34(30)32-31-26/h6-13,20-22H,1-5,14-17H2,(H,35,36). The molecule has 1 N–H and O–H groups in total. The minimum Gasteiger partial charge on any atom is -0.476 e. The monoisotopic (exact) mass is 680 g/mol. The van der Waals surface area contributed by atoms with E-state index in [4.69, 9.17) is 16.3 Å². The minimum atomic E-state index is -1.05. The third kappa shape index (κ3) is 6.71. The van der Waals surface area contributed by atoms with Crippen molar-refractivity contribution in [1.82, 2.24) is 13.2 Å². The summed E-state index contributed by atoms with van der Waals surface area (Å²) in [4.78, 5) is 27.1. The number of rotatable bonds is 8. The van der Waals surface area contributed by atoms with E-state index in [1.807, 2.05) is 47.1 Å². The van der Waals surface area contributed by atoms with Crippen LogP contribution in [0.3, 0.4) is 0 Å². The number of alkyl halides is 1. The molecule has 3 atom stereocenters. The Morgan fingerprint density at radius 3 is 2.41 bits per heavy atom. The maximum atomic E-state index is 12.3. The molecule has 0 radical (unpaired) electrons. The average molecular weight is 681 g/mol. The van der Waals surface area contributed by atoms with Crippen LogP contribution < -0.4 is 4.90 Å². The quantitative estimate of drug-likeness (QED) is 0.159. The topological polar surface area (TPSA) is 97.6 Å². The van der Waals surface area contributed by atoms with Crippen molar-refractivity contribution in [3.63, 3.8) is 0 Å². The number of carboxylic acid groups (broad SMARTS) is 1. The fourth-order valence-corrected chi connectivity index (χ4v) is 7.50. The van der Waals surface area contributed by atoms with Gasteiger partial charge in [-0.3, -0.25) is 4.79 Å². The van der Waals surface area contributed by atoms with Gasteiger partial charge in [0.1, 0.15) is 0 Å². The summed E-state index contributed by atoms with van der Waals surface area (Å²) in [5.41, 5.74) is 3.52. The normalized spacial score (nSPS) is 21.5. The first-order chi connectivity index (χ1) is 18.9. The van der Waals surface area contributed by atoms with Gasteiger partial charge in [0.2, 0.25) is 0 Å². The maximum absolute atomic E-state index is 12.3. The SMILES string of the molecule is O=C(O)c1c(Sc2ccc(-c3ccc(N4CCCC(C5CCCC(C(=O)OCCl)C5)C4)cc3)cc2)nnn1I. The van der Waals surface area contributed by atoms with Crippen molar-refractivity contribution < 1.29 is 19.4 Å². The number of ether oxygens (including phenoxy) is 1. The molecule has 5 rings (SSSR count). The molecule has 206 valence electrons. The molecule has 2 heterocycles. The van der Waals surface area contributed by atoms with E-state index in [-0.39, 0.29) is 23.6 Å². The highest BCUT2D eigenvalue weighted by Gasteiger charge is 2.34. The molecular formula is C28H30ClIN4O4S. The van der Waals surface area contributed by atoms with E-state index in [9.17, 15) is 14.7 Å². The lowest BCUT2D eigenvalue weighted by molar-refractivity contribution is -0.148. The lowest BCUT2D eigenvalue weighted by Crippen LogP contribution is -2.40. The first kappa shape index (κ1) is 28.2. The van der Waals surface area contributed by atoms with Crippen molar-refractivity contribution in [2.45, 2.75) is 48.4 Å². The number of carboxylic acids is 1. The van der Waals surface area contributed by atoms with Crippen LogP contribution in [0.2, 0.25) is 0 Å². The number of aromatic nitrogens is 3. The highest BCUT2D eigenvalue weighted by Crippen LogP contribution is 2.39. The first-order valence-electron chi connectivity index (χ1n) is 13.1. The van der Waals surface area contributed by atoms with Crippen LogP contribution in [0.5, 0.6) is 0 Å². The van der Waals surface area contributed by atoms with Gasteiger partial charge in [0.15, 0.2) is 16.8 Å². The second-order valence-corrected chi connectivity index (χ2v) is 12.3. The number of esters is 1. The zero-order valence-corrected chi connectivity index (χ0v) is 25.1. The summed E-state index contributed by atoms with van der Waals surface area (Å²) >= 11 is 8.72. The Bertz CT molecular complexity index is 1300. The largest absolute Gasteiger partial charge is 0.476 e. The second kappa shape index (κ2) is 12.9. The van der Waals surface area contributed by atoms with Crippen LogP contribution in [0.1, 0.15) is 49.0 Å². The van der Waals surface area contributed by atoms with Gasteiger partial charge in [0.25, 0.3) is 0 Å². The van der Waals surface area contributed by atoms with Crippen LogP contribution in [0.25, 0.3) is 11.1 Å². The lowest BCUT2D eigenvalue weighted by atomic mass is 9.72. The zero-order chi connectivity index (χ0) is 27.4. The van der Waals surface area contributed by atoms with Crippen molar-refractivity contribution in [3.05, 3.63) is 54.2 Å². The molecule has 3 unspecified atom stereocenters. The van der Waals surface area contributed by atoms with Crippen molar-refractivity contribution in [2.24, 2.45) is 17.8 Å². The third-order valence-electron chi connectivity index (χ3n) is 7.81. The van der Waals surface area contributed by atoms with E-state index in [2.05, 4.69) is 39.5 Å². The number of carbonyl (C=O) groups excluding carboxylic acids is 1. The van der Waals surface area contributed by atoms with Gasteiger partial charge < -0.3 is 14.7 Å². The molecule has 2 aromatic carbocycles. The van der Waals surface area contributed by atoms with Gasteiger partial charge in [-0.1, -0.05) is 65.7 Å². The van der Waals surface area contributed by atoms with Crippen molar-refractivity contribution in [3.8, 4) is 11.1 Å². The molecule has 8 nitrogen and oxygen atoms in total. The molecule has 11 heteroatoms. The Labute approximate surface area is 250 Å². The molecule has 0 spiro atoms. The maximum Gasteiger partial charge on any atom is 0.358 e. The van der Waals surface area contributed by atoms with Gasteiger partial charge in [-0.25, -0.2) is 4.79 Å². The van der Waals surface area contributed by atoms with Crippen LogP contribution in [-0.4, -0.2) is 49.4 Å². The van der Waals surface area contributed by atoms with Gasteiger partial charge >= 0.3 is 11.9 Å². The Morgan fingerprint density at radius 2 is 1.72 bits per heavy atom. The molecule has 2 aliphatic rings. The molecule has 3 aromatic rings. The number of hydrogen-bond donors (Lipinski definition) is 1. The van der Waals surface area contributed by atoms with Crippen LogP contribution >= 0.6 is 46.2 Å². The number of hydrogen-bond acceptors (Lipinski definition) is 7. The smallest absolute Gasteiger partial charge is 0.358 e. The van der Waals surface area contributed by atoms with E-state index in [1.165, 1.54) is 33.2 Å². The van der Waals surface area contributed by atoms with E-state index in [0.717, 1.165) is 54.8 Å². The average Bonchev–Trinajstić information content (AvgIpc) is 3.33. The summed E-state index contributed by atoms with van der Waals surface area (Å²) in [6.07, 6.45) is 6.46. The first-order valence-corrected chi connectivity index (χ1v) is 15.5. The Morgan fingerprint density at radius 1 is 1.03 bits per heavy atom. The van der Waals surface area contributed by atoms with Gasteiger partial charge in [-0.05, 0) is 72.9 Å². The van der Waals surface area contributed by atoms with Crippen LogP contribution in [0.15, 0.2) is 58.5 Å². The lowest BCUT2D eigenvalue weighted by Gasteiger charge is -2.40. The van der Waals surface area contributed by atoms with Gasteiger partial charge in [0, 0.05) is 23.7 Å². The summed E-state index contributed by atoms with van der Waals surface area (Å²) in [5.74, 6) is -0.0587. The predicted molar refractivity (Wildman–Crippen MR) is 160 cm³/mol. The summed E-state index contributed by atoms with van der Waals surface area (Å²) in [5, 5.41) is 17.6. The zero-order valence-electron chi connectivity index (χ0n) is 21.3. The summed E-state index contributed by atoms with van der Waals surface area (Å²) in [6, 6.07) is 16.7. The molecule has 39 heavy (non-hydrogen) atoms. The number of piperidine rings is 1. The fourth-order valence-electron chi connectivity index (χ4n) is 5.85. The minimum absolute atomic E-state index is 0.0126. The molecule has 0 bridgehead atoms. The summed E-state index contributed by atoms with van der Waals surface area (Å²) < 4.78 is 6.33. The highest BCUT2D eigenvalue weighted by atomic mass is 127. The molecule has 1 saturated heterocycles. The Hall–Kier alpha value is -2.31. The van der Waals surface area contributed by atoms with Gasteiger partial charge in [-0.15, -0.1) is 5.10 Å². The van der Waals surface area contributed by atoms with Crippen molar-refractivity contribution in [1.29, 1.82) is 0 Å². The second-order valence-electron chi connectivity index (χ2n) is 10.1. The number of carbonyl (C=O) groups is 2. The van der Waals surface area contributed by atoms with E-state index >= 15 is 0 Å². The van der Waals surface area contributed by atoms with Crippen LogP contribution in [-0.2, 0) is 9.53 Å². The van der Waals surface area contributed by atoms with Gasteiger partial charge in [-0.2, -0.15) is 2.90 Å². The predicted octanol–water partition coefficient (Wildman–Crippen LogP) is 6.75.